The van der Waals surface area contributed by atoms with Gasteiger partial charge in [0.2, 0.25) is 0 Å². The molecule has 2 rings (SSSR count). The summed E-state index contributed by atoms with van der Waals surface area (Å²) in [6, 6.07) is 3.63. The second-order valence-electron chi connectivity index (χ2n) is 5.43. The number of hydrogen-bond donors (Lipinski definition) is 0. The Hall–Kier alpha value is -0.310. The molecule has 0 radical (unpaired) electrons. The Morgan fingerprint density at radius 2 is 1.83 bits per heavy atom. The van der Waals surface area contributed by atoms with E-state index in [0.717, 1.165) is 30.2 Å². The average Bonchev–Trinajstić information content (AvgIpc) is 2.26. The molecule has 100 valence electrons. The Kier molecular flexibility index (Phi) is 4.88. The first-order chi connectivity index (χ1) is 8.54. The predicted octanol–water partition coefficient (Wildman–Crippen LogP) is 4.73. The van der Waals surface area contributed by atoms with Crippen LogP contribution in [0.4, 0.5) is 0 Å². The fraction of sp³-hybridized carbons (Fsp3) is 0.643. The zero-order valence-electron chi connectivity index (χ0n) is 10.8. The SMILES string of the molecule is CC1CC(C)CC(OCc2ccc(Cl)nc2Cl)C1. The molecule has 0 N–H and O–H groups in total. The summed E-state index contributed by atoms with van der Waals surface area (Å²) in [5, 5.41) is 0.864. The number of nitrogens with zero attached hydrogens (tertiary/aromatic N) is 1. The third kappa shape index (κ3) is 3.84. The van der Waals surface area contributed by atoms with E-state index in [4.69, 9.17) is 27.9 Å². The van der Waals surface area contributed by atoms with Gasteiger partial charge in [0.15, 0.2) is 0 Å². The fourth-order valence-corrected chi connectivity index (χ4v) is 3.16. The number of pyridine rings is 1. The van der Waals surface area contributed by atoms with Gasteiger partial charge in [-0.05, 0) is 37.2 Å². The largest absolute Gasteiger partial charge is 0.373 e. The van der Waals surface area contributed by atoms with Gasteiger partial charge in [0.25, 0.3) is 0 Å². The third-order valence-electron chi connectivity index (χ3n) is 3.50. The van der Waals surface area contributed by atoms with Gasteiger partial charge in [-0.2, -0.15) is 0 Å². The molecule has 2 atom stereocenters. The van der Waals surface area contributed by atoms with Gasteiger partial charge >= 0.3 is 0 Å². The van der Waals surface area contributed by atoms with Gasteiger partial charge in [-0.3, -0.25) is 0 Å². The topological polar surface area (TPSA) is 22.1 Å². The molecule has 0 saturated heterocycles. The molecule has 0 spiro atoms. The van der Waals surface area contributed by atoms with E-state index in [1.165, 1.54) is 6.42 Å². The first-order valence-corrected chi connectivity index (χ1v) is 7.22. The lowest BCUT2D eigenvalue weighted by molar-refractivity contribution is -0.00921. The van der Waals surface area contributed by atoms with Crippen LogP contribution < -0.4 is 0 Å². The maximum atomic E-state index is 6.03. The van der Waals surface area contributed by atoms with Crippen LogP contribution in [-0.2, 0) is 11.3 Å². The van der Waals surface area contributed by atoms with Crippen molar-refractivity contribution in [2.75, 3.05) is 0 Å². The molecule has 0 aliphatic heterocycles. The Bertz CT molecular complexity index is 401. The summed E-state index contributed by atoms with van der Waals surface area (Å²) in [6.07, 6.45) is 3.94. The summed E-state index contributed by atoms with van der Waals surface area (Å²) < 4.78 is 5.96. The molecule has 0 amide bonds. The van der Waals surface area contributed by atoms with Crippen molar-refractivity contribution >= 4 is 23.2 Å². The minimum Gasteiger partial charge on any atom is -0.373 e. The summed E-state index contributed by atoms with van der Waals surface area (Å²) >= 11 is 11.8. The summed E-state index contributed by atoms with van der Waals surface area (Å²) in [7, 11) is 0. The highest BCUT2D eigenvalue weighted by atomic mass is 35.5. The maximum absolute atomic E-state index is 6.03. The second kappa shape index (κ2) is 6.23. The minimum absolute atomic E-state index is 0.343. The smallest absolute Gasteiger partial charge is 0.136 e. The zero-order chi connectivity index (χ0) is 13.1. The number of rotatable bonds is 3. The van der Waals surface area contributed by atoms with E-state index in [1.807, 2.05) is 6.07 Å². The van der Waals surface area contributed by atoms with E-state index in [-0.39, 0.29) is 0 Å². The third-order valence-corrected chi connectivity index (χ3v) is 4.04. The molecule has 1 aromatic rings. The van der Waals surface area contributed by atoms with E-state index < -0.39 is 0 Å². The quantitative estimate of drug-likeness (QED) is 0.750. The summed E-state index contributed by atoms with van der Waals surface area (Å²) in [6.45, 7) is 5.11. The monoisotopic (exact) mass is 287 g/mol. The molecular weight excluding hydrogens is 269 g/mol. The van der Waals surface area contributed by atoms with E-state index >= 15 is 0 Å². The van der Waals surface area contributed by atoms with Gasteiger partial charge in [-0.15, -0.1) is 0 Å². The summed E-state index contributed by atoms with van der Waals surface area (Å²) in [5.41, 5.74) is 0.909. The van der Waals surface area contributed by atoms with Crippen molar-refractivity contribution in [3.8, 4) is 0 Å². The second-order valence-corrected chi connectivity index (χ2v) is 6.18. The molecule has 4 heteroatoms. The number of ether oxygens (including phenoxy) is 1. The van der Waals surface area contributed by atoms with Crippen molar-refractivity contribution in [3.05, 3.63) is 28.0 Å². The standard InChI is InChI=1S/C14H19Cl2NO/c1-9-5-10(2)7-12(6-9)18-8-11-3-4-13(15)17-14(11)16/h3-4,9-10,12H,5-8H2,1-2H3. The van der Waals surface area contributed by atoms with Crippen molar-refractivity contribution in [2.45, 2.75) is 45.8 Å². The Labute approximate surface area is 119 Å². The molecule has 1 aliphatic rings. The van der Waals surface area contributed by atoms with Gasteiger partial charge in [0.1, 0.15) is 10.3 Å². The zero-order valence-corrected chi connectivity index (χ0v) is 12.3. The Balaban J connectivity index is 1.91. The minimum atomic E-state index is 0.343. The van der Waals surface area contributed by atoms with Crippen LogP contribution in [0.1, 0.15) is 38.7 Å². The van der Waals surface area contributed by atoms with Crippen LogP contribution in [0.2, 0.25) is 10.3 Å². The van der Waals surface area contributed by atoms with E-state index in [0.29, 0.717) is 23.0 Å². The van der Waals surface area contributed by atoms with Crippen molar-refractivity contribution in [2.24, 2.45) is 11.8 Å². The molecule has 1 fully saturated rings. The van der Waals surface area contributed by atoms with Crippen LogP contribution >= 0.6 is 23.2 Å². The molecule has 0 bridgehead atoms. The van der Waals surface area contributed by atoms with Crippen molar-refractivity contribution in [1.29, 1.82) is 0 Å². The van der Waals surface area contributed by atoms with Gasteiger partial charge in [-0.25, -0.2) is 4.98 Å². The van der Waals surface area contributed by atoms with Crippen LogP contribution in [0, 0.1) is 11.8 Å². The lowest BCUT2D eigenvalue weighted by Crippen LogP contribution is -2.26. The number of aromatic nitrogens is 1. The van der Waals surface area contributed by atoms with Gasteiger partial charge in [0, 0.05) is 5.56 Å². The van der Waals surface area contributed by atoms with Crippen molar-refractivity contribution in [1.82, 2.24) is 4.98 Å². The Morgan fingerprint density at radius 3 is 2.44 bits per heavy atom. The Morgan fingerprint density at radius 1 is 1.17 bits per heavy atom. The van der Waals surface area contributed by atoms with Gasteiger partial charge < -0.3 is 4.74 Å². The normalized spacial score (nSPS) is 28.3. The first kappa shape index (κ1) is 14.1. The van der Waals surface area contributed by atoms with Gasteiger partial charge in [-0.1, -0.05) is 43.1 Å². The molecule has 1 heterocycles. The molecular formula is C14H19Cl2NO. The van der Waals surface area contributed by atoms with Crippen LogP contribution in [-0.4, -0.2) is 11.1 Å². The molecule has 18 heavy (non-hydrogen) atoms. The maximum Gasteiger partial charge on any atom is 0.136 e. The first-order valence-electron chi connectivity index (χ1n) is 6.47. The van der Waals surface area contributed by atoms with Crippen LogP contribution in [0.25, 0.3) is 0 Å². The van der Waals surface area contributed by atoms with E-state index in [2.05, 4.69) is 18.8 Å². The number of halogens is 2. The van der Waals surface area contributed by atoms with Crippen LogP contribution in [0.3, 0.4) is 0 Å². The van der Waals surface area contributed by atoms with Gasteiger partial charge in [0.05, 0.1) is 12.7 Å². The molecule has 2 nitrogen and oxygen atoms in total. The molecule has 0 aromatic carbocycles. The van der Waals surface area contributed by atoms with E-state index in [1.54, 1.807) is 6.07 Å². The molecule has 1 aliphatic carbocycles. The summed E-state index contributed by atoms with van der Waals surface area (Å²) in [4.78, 5) is 4.02. The van der Waals surface area contributed by atoms with E-state index in [9.17, 15) is 0 Å². The van der Waals surface area contributed by atoms with Crippen molar-refractivity contribution in [3.63, 3.8) is 0 Å². The van der Waals surface area contributed by atoms with Crippen molar-refractivity contribution < 1.29 is 4.74 Å². The predicted molar refractivity (Wildman–Crippen MR) is 75.0 cm³/mol. The highest BCUT2D eigenvalue weighted by Gasteiger charge is 2.24. The highest BCUT2D eigenvalue weighted by Crippen LogP contribution is 2.31. The van der Waals surface area contributed by atoms with Crippen LogP contribution in [0.5, 0.6) is 0 Å². The molecule has 2 unspecified atom stereocenters. The highest BCUT2D eigenvalue weighted by molar-refractivity contribution is 6.32. The lowest BCUT2D eigenvalue weighted by Gasteiger charge is -2.31. The van der Waals surface area contributed by atoms with Crippen LogP contribution in [0.15, 0.2) is 12.1 Å². The fourth-order valence-electron chi connectivity index (χ4n) is 2.77. The molecule has 1 saturated carbocycles. The summed E-state index contributed by atoms with van der Waals surface area (Å²) in [5.74, 6) is 1.50. The lowest BCUT2D eigenvalue weighted by atomic mass is 9.82. The average molecular weight is 288 g/mol. The number of hydrogen-bond acceptors (Lipinski definition) is 2. The molecule has 1 aromatic heterocycles.